The van der Waals surface area contributed by atoms with Crippen molar-refractivity contribution >= 4 is 28.9 Å². The van der Waals surface area contributed by atoms with Crippen LogP contribution in [0.4, 0.5) is 13.2 Å². The summed E-state index contributed by atoms with van der Waals surface area (Å²) in [5.74, 6) is -1.62. The number of carboxylic acid groups (broad SMARTS) is 1. The molecule has 0 amide bonds. The van der Waals surface area contributed by atoms with E-state index >= 15 is 0 Å². The van der Waals surface area contributed by atoms with Gasteiger partial charge in [-0.25, -0.2) is 4.79 Å². The zero-order valence-electron chi connectivity index (χ0n) is 21.9. The van der Waals surface area contributed by atoms with Gasteiger partial charge in [-0.15, -0.1) is 13.2 Å². The Labute approximate surface area is 228 Å². The number of carboxylic acids is 1. The fourth-order valence-corrected chi connectivity index (χ4v) is 4.48. The van der Waals surface area contributed by atoms with Gasteiger partial charge < -0.3 is 19.3 Å². The molecular formula is C30H26F3NO6. The molecule has 0 saturated heterocycles. The van der Waals surface area contributed by atoms with Crippen LogP contribution in [0.2, 0.25) is 0 Å². The number of rotatable bonds is 9. The van der Waals surface area contributed by atoms with E-state index in [1.807, 2.05) is 6.07 Å². The highest BCUT2D eigenvalue weighted by Crippen LogP contribution is 2.34. The number of fused-ring (bicyclic) bond motifs is 1. The fourth-order valence-electron chi connectivity index (χ4n) is 4.48. The van der Waals surface area contributed by atoms with E-state index in [1.54, 1.807) is 56.3 Å². The first kappa shape index (κ1) is 28.3. The summed E-state index contributed by atoms with van der Waals surface area (Å²) in [4.78, 5) is 25.1. The van der Waals surface area contributed by atoms with Crippen molar-refractivity contribution in [2.75, 3.05) is 13.7 Å². The zero-order chi connectivity index (χ0) is 29.0. The summed E-state index contributed by atoms with van der Waals surface area (Å²) in [6.45, 7) is 3.58. The quantitative estimate of drug-likeness (QED) is 0.186. The molecule has 0 atom stereocenters. The highest BCUT2D eigenvalue weighted by molar-refractivity contribution is 6.04. The van der Waals surface area contributed by atoms with Gasteiger partial charge in [-0.3, -0.25) is 9.36 Å². The number of nitrogens with zero attached hydrogens (tertiary/aromatic N) is 1. The maximum absolute atomic E-state index is 13.6. The van der Waals surface area contributed by atoms with E-state index < -0.39 is 18.1 Å². The summed E-state index contributed by atoms with van der Waals surface area (Å²) < 4.78 is 55.0. The van der Waals surface area contributed by atoms with E-state index in [0.717, 1.165) is 5.56 Å². The van der Waals surface area contributed by atoms with Crippen LogP contribution < -0.4 is 9.47 Å². The Kier molecular flexibility index (Phi) is 8.18. The van der Waals surface area contributed by atoms with Gasteiger partial charge in [0, 0.05) is 16.6 Å². The van der Waals surface area contributed by atoms with E-state index in [0.29, 0.717) is 39.0 Å². The van der Waals surface area contributed by atoms with Crippen molar-refractivity contribution < 1.29 is 42.1 Å². The van der Waals surface area contributed by atoms with Gasteiger partial charge in [0.2, 0.25) is 5.76 Å². The van der Waals surface area contributed by atoms with Crippen LogP contribution in [-0.2, 0) is 16.0 Å². The third-order valence-corrected chi connectivity index (χ3v) is 6.22. The molecule has 0 bridgehead atoms. The standard InChI is InChI=1S/C30H26F3NO6/c1-4-39-27(29(36)37)16-20-7-5-6-19(14-20)15-24-18(2)34(28(35)21-8-10-22(38-3)11-9-21)26-13-12-23(17-25(24)26)40-30(31,32)33/h5-14,16-17H,4,15H2,1-3H3,(H,36,37)/b27-16-. The summed E-state index contributed by atoms with van der Waals surface area (Å²) in [6.07, 6.45) is -3.24. The molecule has 7 nitrogen and oxygen atoms in total. The molecule has 4 aromatic rings. The van der Waals surface area contributed by atoms with Crippen LogP contribution in [0.5, 0.6) is 11.5 Å². The molecule has 10 heteroatoms. The molecular weight excluding hydrogens is 527 g/mol. The Balaban J connectivity index is 1.82. The van der Waals surface area contributed by atoms with Crippen LogP contribution in [0.15, 0.2) is 72.5 Å². The van der Waals surface area contributed by atoms with E-state index in [1.165, 1.54) is 36.0 Å². The first-order chi connectivity index (χ1) is 19.0. The van der Waals surface area contributed by atoms with Crippen LogP contribution in [0.3, 0.4) is 0 Å². The molecule has 40 heavy (non-hydrogen) atoms. The van der Waals surface area contributed by atoms with Gasteiger partial charge in [-0.2, -0.15) is 0 Å². The van der Waals surface area contributed by atoms with Crippen LogP contribution in [0, 0.1) is 6.92 Å². The minimum Gasteiger partial charge on any atom is -0.497 e. The first-order valence-electron chi connectivity index (χ1n) is 12.3. The number of benzene rings is 3. The second-order valence-corrected chi connectivity index (χ2v) is 8.83. The van der Waals surface area contributed by atoms with Gasteiger partial charge in [-0.1, -0.05) is 24.3 Å². The molecule has 0 aliphatic heterocycles. The minimum absolute atomic E-state index is 0.182. The molecule has 0 fully saturated rings. The van der Waals surface area contributed by atoms with Crippen LogP contribution >= 0.6 is 0 Å². The molecule has 0 unspecified atom stereocenters. The third kappa shape index (κ3) is 6.28. The average Bonchev–Trinajstić information content (AvgIpc) is 3.17. The second kappa shape index (κ2) is 11.6. The monoisotopic (exact) mass is 553 g/mol. The number of hydrogen-bond donors (Lipinski definition) is 1. The van der Waals surface area contributed by atoms with Crippen molar-refractivity contribution in [1.82, 2.24) is 4.57 Å². The van der Waals surface area contributed by atoms with Crippen molar-refractivity contribution in [1.29, 1.82) is 0 Å². The van der Waals surface area contributed by atoms with Crippen molar-refractivity contribution in [2.24, 2.45) is 0 Å². The van der Waals surface area contributed by atoms with Crippen molar-refractivity contribution in [3.8, 4) is 11.5 Å². The van der Waals surface area contributed by atoms with Crippen molar-refractivity contribution in [3.63, 3.8) is 0 Å². The number of ether oxygens (including phenoxy) is 3. The normalized spacial score (nSPS) is 11.9. The van der Waals surface area contributed by atoms with Gasteiger partial charge in [0.25, 0.3) is 5.91 Å². The first-order valence-corrected chi connectivity index (χ1v) is 12.3. The molecule has 0 saturated carbocycles. The molecule has 1 N–H and O–H groups in total. The molecule has 0 radical (unpaired) electrons. The van der Waals surface area contributed by atoms with Crippen LogP contribution in [0.25, 0.3) is 17.0 Å². The summed E-state index contributed by atoms with van der Waals surface area (Å²) in [5, 5.41) is 9.80. The minimum atomic E-state index is -4.88. The number of aliphatic carboxylic acids is 1. The number of carbonyl (C=O) groups is 2. The lowest BCUT2D eigenvalue weighted by atomic mass is 10.00. The summed E-state index contributed by atoms with van der Waals surface area (Å²) in [7, 11) is 1.51. The van der Waals surface area contributed by atoms with Gasteiger partial charge in [0.15, 0.2) is 0 Å². The smallest absolute Gasteiger partial charge is 0.497 e. The Morgan fingerprint density at radius 2 is 1.70 bits per heavy atom. The predicted molar refractivity (Wildman–Crippen MR) is 143 cm³/mol. The predicted octanol–water partition coefficient (Wildman–Crippen LogP) is 6.60. The number of aromatic nitrogens is 1. The van der Waals surface area contributed by atoms with Gasteiger partial charge in [-0.05, 0) is 85.5 Å². The highest BCUT2D eigenvalue weighted by Gasteiger charge is 2.31. The Hall–Kier alpha value is -4.73. The molecule has 0 aliphatic rings. The largest absolute Gasteiger partial charge is 0.573 e. The number of carbonyl (C=O) groups excluding carboxylic acids is 1. The summed E-state index contributed by atoms with van der Waals surface area (Å²) in [6, 6.07) is 17.4. The molecule has 1 aromatic heterocycles. The van der Waals surface area contributed by atoms with Crippen LogP contribution in [0.1, 0.15) is 39.7 Å². The van der Waals surface area contributed by atoms with E-state index in [2.05, 4.69) is 4.74 Å². The molecule has 0 aliphatic carbocycles. The summed E-state index contributed by atoms with van der Waals surface area (Å²) >= 11 is 0. The molecule has 3 aromatic carbocycles. The lowest BCUT2D eigenvalue weighted by Crippen LogP contribution is -2.17. The van der Waals surface area contributed by atoms with Gasteiger partial charge in [0.1, 0.15) is 11.5 Å². The molecule has 4 rings (SSSR count). The molecule has 1 heterocycles. The number of halogens is 3. The second-order valence-electron chi connectivity index (χ2n) is 8.83. The highest BCUT2D eigenvalue weighted by atomic mass is 19.4. The molecule has 0 spiro atoms. The SMILES string of the molecule is CCO/C(=C\c1cccc(Cc2c(C)n(C(=O)c3ccc(OC)cc3)c3ccc(OC(F)(F)F)cc23)c1)C(=O)O. The van der Waals surface area contributed by atoms with Crippen molar-refractivity contribution in [3.05, 3.63) is 100 Å². The summed E-state index contributed by atoms with van der Waals surface area (Å²) in [5.41, 5.74) is 3.27. The number of alkyl halides is 3. The fraction of sp³-hybridized carbons (Fsp3) is 0.200. The topological polar surface area (TPSA) is 87.0 Å². The van der Waals surface area contributed by atoms with Crippen molar-refractivity contribution in [2.45, 2.75) is 26.6 Å². The maximum Gasteiger partial charge on any atom is 0.573 e. The maximum atomic E-state index is 13.6. The third-order valence-electron chi connectivity index (χ3n) is 6.22. The van der Waals surface area contributed by atoms with E-state index in [4.69, 9.17) is 9.47 Å². The Bertz CT molecular complexity index is 1590. The lowest BCUT2D eigenvalue weighted by molar-refractivity contribution is -0.274. The lowest BCUT2D eigenvalue weighted by Gasteiger charge is -2.10. The van der Waals surface area contributed by atoms with E-state index in [9.17, 15) is 27.9 Å². The van der Waals surface area contributed by atoms with Gasteiger partial charge in [0.05, 0.1) is 19.2 Å². The van der Waals surface area contributed by atoms with Gasteiger partial charge >= 0.3 is 12.3 Å². The van der Waals surface area contributed by atoms with Crippen LogP contribution in [-0.4, -0.2) is 41.6 Å². The molecule has 208 valence electrons. The number of methoxy groups -OCH3 is 1. The zero-order valence-corrected chi connectivity index (χ0v) is 21.9. The van der Waals surface area contributed by atoms with E-state index in [-0.39, 0.29) is 24.7 Å². The Morgan fingerprint density at radius 3 is 2.33 bits per heavy atom. The number of hydrogen-bond acceptors (Lipinski definition) is 5. The Morgan fingerprint density at radius 1 is 1.00 bits per heavy atom. The average molecular weight is 554 g/mol.